The number of likely N-dealkylation sites (N-methyl/N-ethyl adjacent to an activating group) is 1. The van der Waals surface area contributed by atoms with Crippen molar-refractivity contribution in [3.05, 3.63) is 60.2 Å². The van der Waals surface area contributed by atoms with Crippen molar-refractivity contribution >= 4 is 15.9 Å². The third kappa shape index (κ3) is 6.37. The van der Waals surface area contributed by atoms with Gasteiger partial charge in [-0.2, -0.15) is 0 Å². The number of sulfonamides is 1. The molecule has 0 bridgehead atoms. The van der Waals surface area contributed by atoms with E-state index >= 15 is 0 Å². The van der Waals surface area contributed by atoms with E-state index in [0.717, 1.165) is 6.42 Å². The van der Waals surface area contributed by atoms with Crippen molar-refractivity contribution in [1.29, 1.82) is 0 Å². The molecule has 2 rings (SSSR count). The van der Waals surface area contributed by atoms with Crippen LogP contribution in [0.1, 0.15) is 25.8 Å². The first-order chi connectivity index (χ1) is 12.8. The predicted molar refractivity (Wildman–Crippen MR) is 105 cm³/mol. The first-order valence-corrected chi connectivity index (χ1v) is 10.3. The Hall–Kier alpha value is -2.38. The Bertz CT molecular complexity index is 836. The Kier molecular flexibility index (Phi) is 7.38. The molecule has 0 radical (unpaired) electrons. The fourth-order valence-corrected chi connectivity index (χ4v) is 3.86. The van der Waals surface area contributed by atoms with Crippen LogP contribution < -0.4 is 14.8 Å². The summed E-state index contributed by atoms with van der Waals surface area (Å²) in [5.74, 6) is 0.183. The second kappa shape index (κ2) is 9.53. The van der Waals surface area contributed by atoms with Crippen molar-refractivity contribution in [2.45, 2.75) is 43.7 Å². The van der Waals surface area contributed by atoms with Crippen LogP contribution in [0, 0.1) is 0 Å². The molecule has 2 atom stereocenters. The smallest absolute Gasteiger partial charge is 0.260 e. The van der Waals surface area contributed by atoms with Crippen molar-refractivity contribution < 1.29 is 17.9 Å². The highest BCUT2D eigenvalue weighted by atomic mass is 32.2. The lowest BCUT2D eigenvalue weighted by molar-refractivity contribution is -0.126. The molecule has 0 spiro atoms. The SMILES string of the molecule is CNC(=O)[C@@H](C)Oc1ccc(S(=O)(=O)N[C@H](C)CCc2ccccc2)cc1. The van der Waals surface area contributed by atoms with Crippen LogP contribution in [0.5, 0.6) is 5.75 Å². The summed E-state index contributed by atoms with van der Waals surface area (Å²) in [5, 5.41) is 2.50. The number of aryl methyl sites for hydroxylation is 1. The predicted octanol–water partition coefficient (Wildman–Crippen LogP) is 2.50. The molecule has 0 saturated carbocycles. The van der Waals surface area contributed by atoms with Crippen LogP contribution in [0.2, 0.25) is 0 Å². The quantitative estimate of drug-likeness (QED) is 0.689. The Morgan fingerprint density at radius 1 is 1.04 bits per heavy atom. The zero-order valence-corrected chi connectivity index (χ0v) is 16.6. The number of carbonyl (C=O) groups excluding carboxylic acids is 1. The van der Waals surface area contributed by atoms with Crippen LogP contribution in [-0.2, 0) is 21.2 Å². The number of ether oxygens (including phenoxy) is 1. The van der Waals surface area contributed by atoms with Crippen molar-refractivity contribution in [2.24, 2.45) is 0 Å². The summed E-state index contributed by atoms with van der Waals surface area (Å²) in [6.45, 7) is 3.47. The largest absolute Gasteiger partial charge is 0.481 e. The molecule has 2 aromatic carbocycles. The normalized spacial score (nSPS) is 13.6. The molecule has 0 unspecified atom stereocenters. The minimum Gasteiger partial charge on any atom is -0.481 e. The number of amides is 1. The number of rotatable bonds is 9. The maximum atomic E-state index is 12.5. The molecule has 0 aliphatic rings. The van der Waals surface area contributed by atoms with Crippen molar-refractivity contribution in [2.75, 3.05) is 7.05 Å². The van der Waals surface area contributed by atoms with Gasteiger partial charge in [0.2, 0.25) is 10.0 Å². The van der Waals surface area contributed by atoms with Gasteiger partial charge in [-0.1, -0.05) is 30.3 Å². The molecular formula is C20H26N2O4S. The monoisotopic (exact) mass is 390 g/mol. The van der Waals surface area contributed by atoms with E-state index in [1.807, 2.05) is 37.3 Å². The fraction of sp³-hybridized carbons (Fsp3) is 0.350. The van der Waals surface area contributed by atoms with E-state index in [2.05, 4.69) is 10.0 Å². The maximum Gasteiger partial charge on any atom is 0.260 e. The molecule has 1 amide bonds. The van der Waals surface area contributed by atoms with Crippen LogP contribution in [0.15, 0.2) is 59.5 Å². The van der Waals surface area contributed by atoms with Gasteiger partial charge in [0.25, 0.3) is 5.91 Å². The van der Waals surface area contributed by atoms with Gasteiger partial charge in [0.15, 0.2) is 6.10 Å². The zero-order chi connectivity index (χ0) is 19.9. The number of hydrogen-bond acceptors (Lipinski definition) is 4. The van der Waals surface area contributed by atoms with Crippen LogP contribution in [-0.4, -0.2) is 33.5 Å². The summed E-state index contributed by atoms with van der Waals surface area (Å²) < 4.78 is 33.2. The fourth-order valence-electron chi connectivity index (χ4n) is 2.58. The van der Waals surface area contributed by atoms with Crippen molar-refractivity contribution in [1.82, 2.24) is 10.0 Å². The summed E-state index contributed by atoms with van der Waals surface area (Å²) in [7, 11) is -2.08. The van der Waals surface area contributed by atoms with Gasteiger partial charge in [-0.15, -0.1) is 0 Å². The molecule has 2 N–H and O–H groups in total. The Balaban J connectivity index is 1.94. The average Bonchev–Trinajstić information content (AvgIpc) is 2.66. The summed E-state index contributed by atoms with van der Waals surface area (Å²) in [6.07, 6.45) is 0.844. The minimum atomic E-state index is -3.61. The third-order valence-electron chi connectivity index (χ3n) is 4.13. The van der Waals surface area contributed by atoms with Gasteiger partial charge in [-0.3, -0.25) is 4.79 Å². The van der Waals surface area contributed by atoms with Crippen molar-refractivity contribution in [3.63, 3.8) is 0 Å². The first-order valence-electron chi connectivity index (χ1n) is 8.86. The second-order valence-corrected chi connectivity index (χ2v) is 8.11. The summed E-state index contributed by atoms with van der Waals surface area (Å²) >= 11 is 0. The van der Waals surface area contributed by atoms with E-state index in [4.69, 9.17) is 4.74 Å². The molecule has 7 heteroatoms. The van der Waals surface area contributed by atoms with E-state index in [0.29, 0.717) is 12.2 Å². The highest BCUT2D eigenvalue weighted by Gasteiger charge is 2.18. The Morgan fingerprint density at radius 2 is 1.67 bits per heavy atom. The van der Waals surface area contributed by atoms with Gasteiger partial charge < -0.3 is 10.1 Å². The lowest BCUT2D eigenvalue weighted by atomic mass is 10.1. The molecule has 0 aromatic heterocycles. The Morgan fingerprint density at radius 3 is 2.26 bits per heavy atom. The number of benzene rings is 2. The van der Waals surface area contributed by atoms with Gasteiger partial charge >= 0.3 is 0 Å². The van der Waals surface area contributed by atoms with E-state index in [1.54, 1.807) is 19.1 Å². The molecule has 0 heterocycles. The zero-order valence-electron chi connectivity index (χ0n) is 15.8. The van der Waals surface area contributed by atoms with Crippen LogP contribution in [0.4, 0.5) is 0 Å². The van der Waals surface area contributed by atoms with Gasteiger partial charge in [-0.05, 0) is 56.5 Å². The highest BCUT2D eigenvalue weighted by molar-refractivity contribution is 7.89. The first kappa shape index (κ1) is 20.9. The number of nitrogens with one attached hydrogen (secondary N) is 2. The molecule has 0 aliphatic heterocycles. The molecule has 146 valence electrons. The molecule has 2 aromatic rings. The van der Waals surface area contributed by atoms with Crippen LogP contribution >= 0.6 is 0 Å². The summed E-state index contributed by atoms with van der Waals surface area (Å²) in [5.41, 5.74) is 1.18. The second-order valence-electron chi connectivity index (χ2n) is 6.39. The topological polar surface area (TPSA) is 84.5 Å². The molecule has 0 saturated heterocycles. The van der Waals surface area contributed by atoms with E-state index < -0.39 is 16.1 Å². The Labute approximate surface area is 161 Å². The van der Waals surface area contributed by atoms with E-state index in [-0.39, 0.29) is 16.8 Å². The lowest BCUT2D eigenvalue weighted by Gasteiger charge is -2.16. The van der Waals surface area contributed by atoms with Gasteiger partial charge in [0.1, 0.15) is 5.75 Å². The molecule has 0 aliphatic carbocycles. The van der Waals surface area contributed by atoms with Gasteiger partial charge in [-0.25, -0.2) is 13.1 Å². The van der Waals surface area contributed by atoms with Crippen molar-refractivity contribution in [3.8, 4) is 5.75 Å². The van der Waals surface area contributed by atoms with E-state index in [1.165, 1.54) is 24.7 Å². The van der Waals surface area contributed by atoms with E-state index in [9.17, 15) is 13.2 Å². The summed E-state index contributed by atoms with van der Waals surface area (Å²) in [4.78, 5) is 11.6. The maximum absolute atomic E-state index is 12.5. The standard InChI is InChI=1S/C20H26N2O4S/c1-15(9-10-17-7-5-4-6-8-17)22-27(24,25)19-13-11-18(12-14-19)26-16(2)20(23)21-3/h4-8,11-16,22H,9-10H2,1-3H3,(H,21,23)/t15-,16-/m1/s1. The minimum absolute atomic E-state index is 0.161. The molecule has 27 heavy (non-hydrogen) atoms. The van der Waals surface area contributed by atoms with Crippen LogP contribution in [0.25, 0.3) is 0 Å². The van der Waals surface area contributed by atoms with Gasteiger partial charge in [0, 0.05) is 13.1 Å². The summed E-state index contributed by atoms with van der Waals surface area (Å²) in [6, 6.07) is 15.8. The van der Waals surface area contributed by atoms with Crippen LogP contribution in [0.3, 0.4) is 0 Å². The van der Waals surface area contributed by atoms with Gasteiger partial charge in [0.05, 0.1) is 4.90 Å². The number of hydrogen-bond donors (Lipinski definition) is 2. The lowest BCUT2D eigenvalue weighted by Crippen LogP contribution is -2.34. The third-order valence-corrected chi connectivity index (χ3v) is 5.73. The average molecular weight is 391 g/mol. The molecule has 0 fully saturated rings. The molecule has 6 nitrogen and oxygen atoms in total. The molecular weight excluding hydrogens is 364 g/mol. The highest BCUT2D eigenvalue weighted by Crippen LogP contribution is 2.18. The number of carbonyl (C=O) groups is 1.